The van der Waals surface area contributed by atoms with Crippen LogP contribution < -0.4 is 0 Å². The molecule has 1 nitrogen and oxygen atoms in total. The molecule has 0 aliphatic carbocycles. The summed E-state index contributed by atoms with van der Waals surface area (Å²) in [5, 5.41) is 0. The maximum atomic E-state index is 12.1. The lowest BCUT2D eigenvalue weighted by Crippen LogP contribution is -2.61. The van der Waals surface area contributed by atoms with Crippen molar-refractivity contribution in [2.45, 2.75) is 18.9 Å². The zero-order valence-electron chi connectivity index (χ0n) is 4.99. The van der Waals surface area contributed by atoms with E-state index in [0.29, 0.717) is 0 Å². The Morgan fingerprint density at radius 3 is 2.12 bits per heavy atom. The first kappa shape index (κ1) is 5.95. The zero-order chi connectivity index (χ0) is 6.36. The number of nitrogens with zero attached hydrogens (tertiary/aromatic N) is 1. The molecule has 1 heterocycles. The van der Waals surface area contributed by atoms with Crippen molar-refractivity contribution in [1.82, 2.24) is 4.90 Å². The molecule has 0 bridgehead atoms. The van der Waals surface area contributed by atoms with Gasteiger partial charge in [-0.1, -0.05) is 0 Å². The van der Waals surface area contributed by atoms with Crippen LogP contribution in [0.1, 0.15) is 6.92 Å². The summed E-state index contributed by atoms with van der Waals surface area (Å²) in [5.74, 6) is -2.42. The zero-order valence-corrected chi connectivity index (χ0v) is 4.99. The predicted molar refractivity (Wildman–Crippen MR) is 27.0 cm³/mol. The summed E-state index contributed by atoms with van der Waals surface area (Å²) in [6.45, 7) is 1.46. The van der Waals surface area contributed by atoms with Gasteiger partial charge in [0.2, 0.25) is 0 Å². The quantitative estimate of drug-likeness (QED) is 0.461. The Labute approximate surface area is 47.3 Å². The van der Waals surface area contributed by atoms with Gasteiger partial charge in [0.1, 0.15) is 0 Å². The second-order valence-corrected chi connectivity index (χ2v) is 2.35. The van der Waals surface area contributed by atoms with E-state index in [-0.39, 0.29) is 6.54 Å². The number of halogens is 2. The average Bonchev–Trinajstić information content (AvgIpc) is 1.65. The molecule has 0 aromatic carbocycles. The standard InChI is InChI=1S/C5H9F2N/c1-4-5(6,7)3-8(4)2/h4H,3H2,1-2H3. The monoisotopic (exact) mass is 121 g/mol. The van der Waals surface area contributed by atoms with Crippen LogP contribution in [0, 0.1) is 0 Å². The molecule has 0 radical (unpaired) electrons. The van der Waals surface area contributed by atoms with E-state index in [4.69, 9.17) is 0 Å². The van der Waals surface area contributed by atoms with Crippen molar-refractivity contribution in [1.29, 1.82) is 0 Å². The fourth-order valence-electron chi connectivity index (χ4n) is 0.812. The number of hydrogen-bond acceptors (Lipinski definition) is 1. The molecule has 0 aromatic heterocycles. The van der Waals surface area contributed by atoms with Gasteiger partial charge in [-0.2, -0.15) is 0 Å². The third-order valence-electron chi connectivity index (χ3n) is 1.73. The van der Waals surface area contributed by atoms with Gasteiger partial charge >= 0.3 is 0 Å². The molecule has 0 N–H and O–H groups in total. The minimum atomic E-state index is -2.42. The Hall–Kier alpha value is -0.180. The number of likely N-dealkylation sites (tertiary alicyclic amines) is 1. The van der Waals surface area contributed by atoms with E-state index in [1.165, 1.54) is 6.92 Å². The molecular formula is C5H9F2N. The van der Waals surface area contributed by atoms with Gasteiger partial charge in [0.05, 0.1) is 12.6 Å². The van der Waals surface area contributed by atoms with Crippen LogP contribution in [-0.4, -0.2) is 30.5 Å². The number of hydrogen-bond donors (Lipinski definition) is 0. The van der Waals surface area contributed by atoms with Crippen LogP contribution in [0.25, 0.3) is 0 Å². The normalized spacial score (nSPS) is 36.8. The molecule has 1 fully saturated rings. The second-order valence-electron chi connectivity index (χ2n) is 2.35. The molecule has 3 heteroatoms. The van der Waals surface area contributed by atoms with Gasteiger partial charge in [0.25, 0.3) is 5.92 Å². The fraction of sp³-hybridized carbons (Fsp3) is 1.00. The Balaban J connectivity index is 2.47. The molecular weight excluding hydrogens is 112 g/mol. The van der Waals surface area contributed by atoms with Crippen molar-refractivity contribution in [2.24, 2.45) is 0 Å². The van der Waals surface area contributed by atoms with E-state index >= 15 is 0 Å². The van der Waals surface area contributed by atoms with Gasteiger partial charge in [-0.15, -0.1) is 0 Å². The average molecular weight is 121 g/mol. The van der Waals surface area contributed by atoms with Gasteiger partial charge in [-0.05, 0) is 14.0 Å². The number of alkyl halides is 2. The maximum absolute atomic E-state index is 12.1. The minimum absolute atomic E-state index is 0.0752. The molecule has 1 rings (SSSR count). The predicted octanol–water partition coefficient (Wildman–Crippen LogP) is 0.956. The molecule has 1 aliphatic rings. The molecule has 0 spiro atoms. The molecule has 8 heavy (non-hydrogen) atoms. The van der Waals surface area contributed by atoms with Crippen LogP contribution in [0.3, 0.4) is 0 Å². The van der Waals surface area contributed by atoms with Crippen molar-refractivity contribution in [2.75, 3.05) is 13.6 Å². The topological polar surface area (TPSA) is 3.24 Å². The van der Waals surface area contributed by atoms with E-state index in [2.05, 4.69) is 0 Å². The minimum Gasteiger partial charge on any atom is -0.292 e. The van der Waals surface area contributed by atoms with Gasteiger partial charge in [-0.25, -0.2) is 8.78 Å². The van der Waals surface area contributed by atoms with E-state index < -0.39 is 12.0 Å². The molecule has 0 aromatic rings. The Kier molecular flexibility index (Phi) is 1.05. The van der Waals surface area contributed by atoms with E-state index in [1.54, 1.807) is 11.9 Å². The smallest absolute Gasteiger partial charge is 0.275 e. The van der Waals surface area contributed by atoms with Crippen molar-refractivity contribution in [3.05, 3.63) is 0 Å². The first-order valence-electron chi connectivity index (χ1n) is 2.62. The lowest BCUT2D eigenvalue weighted by atomic mass is 10.0. The van der Waals surface area contributed by atoms with Crippen LogP contribution in [0.4, 0.5) is 8.78 Å². The molecule has 1 saturated heterocycles. The molecule has 1 unspecified atom stereocenters. The van der Waals surface area contributed by atoms with Crippen LogP contribution in [0.15, 0.2) is 0 Å². The van der Waals surface area contributed by atoms with Crippen LogP contribution in [0.5, 0.6) is 0 Å². The summed E-state index contributed by atoms with van der Waals surface area (Å²) in [6, 6.07) is -0.553. The second kappa shape index (κ2) is 1.41. The summed E-state index contributed by atoms with van der Waals surface area (Å²) in [6.07, 6.45) is 0. The van der Waals surface area contributed by atoms with Gasteiger partial charge in [0, 0.05) is 0 Å². The third-order valence-corrected chi connectivity index (χ3v) is 1.73. The largest absolute Gasteiger partial charge is 0.292 e. The van der Waals surface area contributed by atoms with Gasteiger partial charge in [-0.3, -0.25) is 4.90 Å². The Morgan fingerprint density at radius 1 is 1.62 bits per heavy atom. The highest BCUT2D eigenvalue weighted by Crippen LogP contribution is 2.32. The van der Waals surface area contributed by atoms with Crippen LogP contribution in [0.2, 0.25) is 0 Å². The highest BCUT2D eigenvalue weighted by Gasteiger charge is 2.49. The summed E-state index contributed by atoms with van der Waals surface area (Å²) in [5.41, 5.74) is 0. The molecule has 0 saturated carbocycles. The number of rotatable bonds is 0. The van der Waals surface area contributed by atoms with Gasteiger partial charge in [0.15, 0.2) is 0 Å². The highest BCUT2D eigenvalue weighted by molar-refractivity contribution is 4.93. The Morgan fingerprint density at radius 2 is 2.12 bits per heavy atom. The lowest BCUT2D eigenvalue weighted by Gasteiger charge is -2.43. The van der Waals surface area contributed by atoms with Crippen molar-refractivity contribution < 1.29 is 8.78 Å². The summed E-state index contributed by atoms with van der Waals surface area (Å²) < 4.78 is 24.3. The molecule has 1 atom stereocenters. The van der Waals surface area contributed by atoms with Gasteiger partial charge < -0.3 is 0 Å². The summed E-state index contributed by atoms with van der Waals surface area (Å²) >= 11 is 0. The SMILES string of the molecule is CC1N(C)CC1(F)F. The summed E-state index contributed by atoms with van der Waals surface area (Å²) in [7, 11) is 1.70. The third kappa shape index (κ3) is 0.616. The lowest BCUT2D eigenvalue weighted by molar-refractivity contribution is -0.165. The first-order chi connectivity index (χ1) is 3.54. The van der Waals surface area contributed by atoms with Crippen LogP contribution in [-0.2, 0) is 0 Å². The highest BCUT2D eigenvalue weighted by atomic mass is 19.3. The summed E-state index contributed by atoms with van der Waals surface area (Å²) in [4.78, 5) is 1.62. The van der Waals surface area contributed by atoms with Crippen molar-refractivity contribution in [3.63, 3.8) is 0 Å². The molecule has 0 amide bonds. The fourth-order valence-corrected chi connectivity index (χ4v) is 0.812. The van der Waals surface area contributed by atoms with E-state index in [0.717, 1.165) is 0 Å². The molecule has 1 aliphatic heterocycles. The molecule has 48 valence electrons. The Bertz CT molecular complexity index is 103. The van der Waals surface area contributed by atoms with Crippen molar-refractivity contribution >= 4 is 0 Å². The first-order valence-corrected chi connectivity index (χ1v) is 2.62. The van der Waals surface area contributed by atoms with Crippen LogP contribution >= 0.6 is 0 Å². The van der Waals surface area contributed by atoms with Crippen molar-refractivity contribution in [3.8, 4) is 0 Å². The van der Waals surface area contributed by atoms with E-state index in [9.17, 15) is 8.78 Å². The maximum Gasteiger partial charge on any atom is 0.275 e. The van der Waals surface area contributed by atoms with E-state index in [1.807, 2.05) is 0 Å².